The maximum Gasteiger partial charge on any atom is 0.0763 e. The molecule has 16 heavy (non-hydrogen) atoms. The van der Waals surface area contributed by atoms with Crippen LogP contribution in [-0.4, -0.2) is 19.0 Å². The second kappa shape index (κ2) is 6.21. The van der Waals surface area contributed by atoms with Crippen molar-refractivity contribution in [3.63, 3.8) is 0 Å². The lowest BCUT2D eigenvalue weighted by Gasteiger charge is -2.07. The minimum atomic E-state index is 0.441. The number of aliphatic imine (C=N–C) groups is 2. The Labute approximate surface area is 98.1 Å². The van der Waals surface area contributed by atoms with E-state index in [-0.39, 0.29) is 0 Å². The van der Waals surface area contributed by atoms with Crippen molar-refractivity contribution in [3.8, 4) is 0 Å². The van der Waals surface area contributed by atoms with Gasteiger partial charge in [-0.2, -0.15) is 0 Å². The van der Waals surface area contributed by atoms with Gasteiger partial charge in [0.25, 0.3) is 0 Å². The summed E-state index contributed by atoms with van der Waals surface area (Å²) in [4.78, 5) is 8.50. The van der Waals surface area contributed by atoms with Gasteiger partial charge in [0.2, 0.25) is 0 Å². The van der Waals surface area contributed by atoms with Gasteiger partial charge in [-0.1, -0.05) is 43.7 Å². The van der Waals surface area contributed by atoms with Crippen molar-refractivity contribution in [2.45, 2.75) is 27.3 Å². The summed E-state index contributed by atoms with van der Waals surface area (Å²) >= 11 is 0. The van der Waals surface area contributed by atoms with Crippen molar-refractivity contribution in [2.24, 2.45) is 15.9 Å². The number of rotatable bonds is 5. The third-order valence-electron chi connectivity index (χ3n) is 2.53. The number of hydrogen-bond acceptors (Lipinski definition) is 2. The second-order valence-electron chi connectivity index (χ2n) is 4.33. The Morgan fingerprint density at radius 1 is 1.25 bits per heavy atom. The maximum absolute atomic E-state index is 4.60. The number of benzene rings is 1. The van der Waals surface area contributed by atoms with Crippen LogP contribution in [0.3, 0.4) is 0 Å². The summed E-state index contributed by atoms with van der Waals surface area (Å²) in [6.07, 6.45) is 0. The Morgan fingerprint density at radius 3 is 2.38 bits per heavy atom. The SMILES string of the molecule is C=NCC(=NCc1ccc(C)cc1)C(C)C. The van der Waals surface area contributed by atoms with E-state index in [2.05, 4.69) is 61.7 Å². The first kappa shape index (κ1) is 12.6. The van der Waals surface area contributed by atoms with Gasteiger partial charge in [0, 0.05) is 5.71 Å². The molecule has 0 aliphatic heterocycles. The second-order valence-corrected chi connectivity index (χ2v) is 4.33. The Hall–Kier alpha value is -1.44. The molecule has 0 saturated carbocycles. The lowest BCUT2D eigenvalue weighted by Crippen LogP contribution is -2.11. The summed E-state index contributed by atoms with van der Waals surface area (Å²) in [5, 5.41) is 0. The normalized spacial score (nSPS) is 11.9. The molecule has 0 aliphatic rings. The fourth-order valence-corrected chi connectivity index (χ4v) is 1.42. The molecule has 0 unspecified atom stereocenters. The molecule has 0 N–H and O–H groups in total. The molecule has 0 aliphatic carbocycles. The van der Waals surface area contributed by atoms with Crippen molar-refractivity contribution >= 4 is 12.4 Å². The van der Waals surface area contributed by atoms with Crippen LogP contribution in [0, 0.1) is 12.8 Å². The molecule has 0 bridgehead atoms. The molecule has 0 saturated heterocycles. The molecule has 86 valence electrons. The molecule has 2 heteroatoms. The summed E-state index contributed by atoms with van der Waals surface area (Å²) in [7, 11) is 0. The van der Waals surface area contributed by atoms with E-state index >= 15 is 0 Å². The van der Waals surface area contributed by atoms with E-state index in [9.17, 15) is 0 Å². The average molecular weight is 216 g/mol. The predicted octanol–water partition coefficient (Wildman–Crippen LogP) is 3.29. The Kier molecular flexibility index (Phi) is 4.90. The van der Waals surface area contributed by atoms with E-state index in [1.54, 1.807) is 0 Å². The van der Waals surface area contributed by atoms with Gasteiger partial charge in [-0.15, -0.1) is 0 Å². The highest BCUT2D eigenvalue weighted by Gasteiger charge is 2.03. The van der Waals surface area contributed by atoms with Gasteiger partial charge in [0.15, 0.2) is 0 Å². The standard InChI is InChI=1S/C14H20N2/c1-11(2)14(10-15-4)16-9-13-7-5-12(3)6-8-13/h5-8,11H,4,9-10H2,1-3H3. The first-order valence-corrected chi connectivity index (χ1v) is 5.64. The van der Waals surface area contributed by atoms with Gasteiger partial charge in [0.1, 0.15) is 0 Å². The van der Waals surface area contributed by atoms with E-state index < -0.39 is 0 Å². The van der Waals surface area contributed by atoms with E-state index in [0.29, 0.717) is 12.5 Å². The van der Waals surface area contributed by atoms with Crippen LogP contribution < -0.4 is 0 Å². The molecular weight excluding hydrogens is 196 g/mol. The van der Waals surface area contributed by atoms with E-state index in [1.165, 1.54) is 11.1 Å². The molecule has 0 atom stereocenters. The molecule has 0 amide bonds. The highest BCUT2D eigenvalue weighted by molar-refractivity contribution is 5.88. The van der Waals surface area contributed by atoms with Crippen LogP contribution in [0.15, 0.2) is 34.3 Å². The topological polar surface area (TPSA) is 24.7 Å². The van der Waals surface area contributed by atoms with Gasteiger partial charge >= 0.3 is 0 Å². The van der Waals surface area contributed by atoms with Crippen LogP contribution in [0.25, 0.3) is 0 Å². The third-order valence-corrected chi connectivity index (χ3v) is 2.53. The molecule has 0 radical (unpaired) electrons. The summed E-state index contributed by atoms with van der Waals surface area (Å²) < 4.78 is 0. The van der Waals surface area contributed by atoms with Gasteiger partial charge < -0.3 is 0 Å². The van der Waals surface area contributed by atoms with Crippen LogP contribution >= 0.6 is 0 Å². The zero-order valence-corrected chi connectivity index (χ0v) is 10.4. The zero-order valence-electron chi connectivity index (χ0n) is 10.4. The fourth-order valence-electron chi connectivity index (χ4n) is 1.42. The van der Waals surface area contributed by atoms with E-state index in [0.717, 1.165) is 12.3 Å². The molecule has 0 fully saturated rings. The van der Waals surface area contributed by atoms with Crippen LogP contribution in [0.4, 0.5) is 0 Å². The highest BCUT2D eigenvalue weighted by Crippen LogP contribution is 2.06. The van der Waals surface area contributed by atoms with Gasteiger partial charge in [-0.3, -0.25) is 9.98 Å². The van der Waals surface area contributed by atoms with Crippen molar-refractivity contribution in [2.75, 3.05) is 6.54 Å². The van der Waals surface area contributed by atoms with E-state index in [1.807, 2.05) is 0 Å². The summed E-state index contributed by atoms with van der Waals surface area (Å²) in [6.45, 7) is 11.3. The van der Waals surface area contributed by atoms with Crippen LogP contribution in [0.1, 0.15) is 25.0 Å². The van der Waals surface area contributed by atoms with Crippen molar-refractivity contribution in [1.29, 1.82) is 0 Å². The monoisotopic (exact) mass is 216 g/mol. The Balaban J connectivity index is 2.69. The summed E-state index contributed by atoms with van der Waals surface area (Å²) in [6, 6.07) is 8.48. The zero-order chi connectivity index (χ0) is 12.0. The lowest BCUT2D eigenvalue weighted by molar-refractivity contribution is 0.848. The molecule has 0 spiro atoms. The maximum atomic E-state index is 4.60. The minimum absolute atomic E-state index is 0.441. The first-order valence-electron chi connectivity index (χ1n) is 5.64. The molecule has 2 nitrogen and oxygen atoms in total. The Morgan fingerprint density at radius 2 is 1.88 bits per heavy atom. The van der Waals surface area contributed by atoms with Crippen LogP contribution in [0.5, 0.6) is 0 Å². The molecule has 1 rings (SSSR count). The van der Waals surface area contributed by atoms with Crippen molar-refractivity contribution in [1.82, 2.24) is 0 Å². The Bertz CT molecular complexity index is 361. The van der Waals surface area contributed by atoms with E-state index in [4.69, 9.17) is 0 Å². The molecule has 0 heterocycles. The quantitative estimate of drug-likeness (QED) is 0.675. The average Bonchev–Trinajstić information content (AvgIpc) is 2.26. The van der Waals surface area contributed by atoms with Crippen LogP contribution in [-0.2, 0) is 6.54 Å². The fraction of sp³-hybridized carbons (Fsp3) is 0.429. The molecule has 0 aromatic heterocycles. The summed E-state index contributed by atoms with van der Waals surface area (Å²) in [5.74, 6) is 0.441. The summed E-state index contributed by atoms with van der Waals surface area (Å²) in [5.41, 5.74) is 3.65. The smallest absolute Gasteiger partial charge is 0.0763 e. The van der Waals surface area contributed by atoms with Gasteiger partial charge in [0.05, 0.1) is 13.1 Å². The molecule has 1 aromatic rings. The van der Waals surface area contributed by atoms with Gasteiger partial charge in [-0.05, 0) is 25.1 Å². The lowest BCUT2D eigenvalue weighted by atomic mass is 10.1. The highest BCUT2D eigenvalue weighted by atomic mass is 14.8. The third kappa shape index (κ3) is 3.97. The minimum Gasteiger partial charge on any atom is -0.295 e. The first-order chi connectivity index (χ1) is 7.63. The van der Waals surface area contributed by atoms with Crippen LogP contribution in [0.2, 0.25) is 0 Å². The number of hydrogen-bond donors (Lipinski definition) is 0. The number of aryl methyl sites for hydroxylation is 1. The molecule has 1 aromatic carbocycles. The number of nitrogens with zero attached hydrogens (tertiary/aromatic N) is 2. The van der Waals surface area contributed by atoms with Crippen molar-refractivity contribution < 1.29 is 0 Å². The molecular formula is C14H20N2. The van der Waals surface area contributed by atoms with Crippen molar-refractivity contribution in [3.05, 3.63) is 35.4 Å². The largest absolute Gasteiger partial charge is 0.295 e. The predicted molar refractivity (Wildman–Crippen MR) is 71.6 cm³/mol. The van der Waals surface area contributed by atoms with Gasteiger partial charge in [-0.25, -0.2) is 0 Å².